The number of primary amides is 1. The fraction of sp³-hybridized carbons (Fsp3) is 0.577. The number of nitrogens with zero attached hydrogens (tertiary/aromatic N) is 1. The van der Waals surface area contributed by atoms with E-state index in [1.807, 2.05) is 6.07 Å². The molecule has 10 nitrogen and oxygen atoms in total. The highest BCUT2D eigenvalue weighted by Crippen LogP contribution is 2.50. The van der Waals surface area contributed by atoms with Crippen LogP contribution in [0.15, 0.2) is 12.1 Å². The minimum atomic E-state index is -2.70. The van der Waals surface area contributed by atoms with E-state index in [0.717, 1.165) is 12.1 Å². The van der Waals surface area contributed by atoms with Gasteiger partial charge in [-0.2, -0.15) is 0 Å². The lowest BCUT2D eigenvalue weighted by Crippen LogP contribution is -2.74. The Hall–Kier alpha value is -2.95. The van der Waals surface area contributed by atoms with Crippen molar-refractivity contribution in [1.29, 1.82) is 0 Å². The number of benzene rings is 1. The van der Waals surface area contributed by atoms with Crippen LogP contribution in [0.3, 0.4) is 0 Å². The molecule has 0 bridgehead atoms. The summed E-state index contributed by atoms with van der Waals surface area (Å²) in [6.07, 6.45) is 2.74. The number of fused-ring (bicyclic) bond motifs is 3. The van der Waals surface area contributed by atoms with Gasteiger partial charge in [-0.3, -0.25) is 28.9 Å². The Morgan fingerprint density at radius 1 is 1.17 bits per heavy atom. The number of likely N-dealkylation sites (N-methyl/N-ethyl adjacent to an activating group) is 1. The van der Waals surface area contributed by atoms with Crippen LogP contribution in [0.1, 0.15) is 40.7 Å². The standard InChI is InChI=1S/C26H31N3O7/c1-29(2)20-15-8-14-7-13-5-12(10-28-9-11-3-4-11)6-16(30)17(13)21(31)18(14)23(33)26(15,36)24(34)19(22(20)32)25(27)35/h5-6,11,14-15,18-20,28,30,36H,3-4,7-10H2,1-2H3,(H2,27,35)/t14-,15-,18?,19?,20-,26-/m0/s1. The Balaban J connectivity index is 1.52. The molecule has 3 saturated carbocycles. The van der Waals surface area contributed by atoms with Crippen LogP contribution < -0.4 is 11.1 Å². The van der Waals surface area contributed by atoms with Crippen molar-refractivity contribution < 1.29 is 34.2 Å². The van der Waals surface area contributed by atoms with E-state index in [0.29, 0.717) is 18.0 Å². The Morgan fingerprint density at radius 2 is 1.86 bits per heavy atom. The second kappa shape index (κ2) is 8.57. The number of Topliss-reactive ketones (excluding diaryl/α,β-unsaturated/α-hetero) is 4. The van der Waals surface area contributed by atoms with E-state index in [2.05, 4.69) is 5.32 Å². The number of hydrogen-bond donors (Lipinski definition) is 4. The molecule has 4 aliphatic carbocycles. The van der Waals surface area contributed by atoms with Crippen molar-refractivity contribution in [3.63, 3.8) is 0 Å². The second-order valence-corrected chi connectivity index (χ2v) is 11.0. The Labute approximate surface area is 208 Å². The fourth-order valence-electron chi connectivity index (χ4n) is 6.54. The van der Waals surface area contributed by atoms with Crippen molar-refractivity contribution in [2.45, 2.75) is 43.9 Å². The van der Waals surface area contributed by atoms with E-state index in [-0.39, 0.29) is 24.2 Å². The summed E-state index contributed by atoms with van der Waals surface area (Å²) in [5.74, 6) is -9.50. The number of carbonyl (C=O) groups is 5. The average Bonchev–Trinajstić information content (AvgIpc) is 3.60. The van der Waals surface area contributed by atoms with Gasteiger partial charge in [0, 0.05) is 12.5 Å². The van der Waals surface area contributed by atoms with Crippen LogP contribution in [0.4, 0.5) is 0 Å². The number of aliphatic hydroxyl groups is 1. The van der Waals surface area contributed by atoms with E-state index >= 15 is 0 Å². The summed E-state index contributed by atoms with van der Waals surface area (Å²) in [6.45, 7) is 1.41. The van der Waals surface area contributed by atoms with E-state index < -0.39 is 64.4 Å². The monoisotopic (exact) mass is 497 g/mol. The molecule has 3 fully saturated rings. The smallest absolute Gasteiger partial charge is 0.235 e. The second-order valence-electron chi connectivity index (χ2n) is 11.0. The van der Waals surface area contributed by atoms with Gasteiger partial charge in [0.1, 0.15) is 5.75 Å². The minimum absolute atomic E-state index is 0.0209. The first-order chi connectivity index (χ1) is 17.0. The number of ketones is 4. The molecular formula is C26H31N3O7. The van der Waals surface area contributed by atoms with Crippen LogP contribution in [-0.4, -0.2) is 76.4 Å². The fourth-order valence-corrected chi connectivity index (χ4v) is 6.54. The maximum absolute atomic E-state index is 13.7. The van der Waals surface area contributed by atoms with E-state index in [4.69, 9.17) is 5.73 Å². The predicted molar refractivity (Wildman–Crippen MR) is 126 cm³/mol. The number of hydrogen-bond acceptors (Lipinski definition) is 9. The SMILES string of the molecule is CN(C)[C@@H]1C(=O)C(C(N)=O)C(=O)[C@@]2(O)C(=O)C3C(=O)c4c(O)cc(CNCC5CC5)cc4C[C@H]3C[C@@H]12. The molecule has 192 valence electrons. The van der Waals surface area contributed by atoms with Gasteiger partial charge < -0.3 is 21.3 Å². The van der Waals surface area contributed by atoms with E-state index in [9.17, 15) is 34.2 Å². The first kappa shape index (κ1) is 24.7. The van der Waals surface area contributed by atoms with Gasteiger partial charge in [-0.05, 0) is 75.4 Å². The first-order valence-electron chi connectivity index (χ1n) is 12.4. The van der Waals surface area contributed by atoms with Crippen LogP contribution in [0.25, 0.3) is 0 Å². The van der Waals surface area contributed by atoms with Gasteiger partial charge in [0.25, 0.3) is 0 Å². The molecule has 0 heterocycles. The molecule has 5 rings (SSSR count). The molecule has 10 heteroatoms. The van der Waals surface area contributed by atoms with Gasteiger partial charge in [-0.25, -0.2) is 0 Å². The molecule has 4 aliphatic rings. The number of rotatable bonds is 6. The summed E-state index contributed by atoms with van der Waals surface area (Å²) in [5, 5.41) is 25.6. The molecule has 2 unspecified atom stereocenters. The van der Waals surface area contributed by atoms with Gasteiger partial charge >= 0.3 is 0 Å². The van der Waals surface area contributed by atoms with Crippen molar-refractivity contribution in [3.05, 3.63) is 28.8 Å². The van der Waals surface area contributed by atoms with Crippen LogP contribution in [-0.2, 0) is 32.1 Å². The van der Waals surface area contributed by atoms with Crippen molar-refractivity contribution >= 4 is 29.0 Å². The average molecular weight is 498 g/mol. The lowest BCUT2D eigenvalue weighted by molar-refractivity contribution is -0.181. The van der Waals surface area contributed by atoms with Crippen molar-refractivity contribution in [2.24, 2.45) is 35.3 Å². The zero-order chi connectivity index (χ0) is 26.1. The highest BCUT2D eigenvalue weighted by atomic mass is 16.3. The number of phenols is 1. The summed E-state index contributed by atoms with van der Waals surface area (Å²) in [6, 6.07) is 2.24. The normalized spacial score (nSPS) is 33.8. The number of carbonyl (C=O) groups excluding carboxylic acids is 5. The maximum Gasteiger partial charge on any atom is 0.235 e. The largest absolute Gasteiger partial charge is 0.507 e. The van der Waals surface area contributed by atoms with Crippen molar-refractivity contribution in [2.75, 3.05) is 20.6 Å². The summed E-state index contributed by atoms with van der Waals surface area (Å²) < 4.78 is 0. The topological polar surface area (TPSA) is 167 Å². The van der Waals surface area contributed by atoms with Gasteiger partial charge in [0.05, 0.1) is 17.5 Å². The van der Waals surface area contributed by atoms with Crippen molar-refractivity contribution in [1.82, 2.24) is 10.2 Å². The molecule has 0 aliphatic heterocycles. The number of amides is 1. The number of nitrogens with one attached hydrogen (secondary N) is 1. The minimum Gasteiger partial charge on any atom is -0.507 e. The van der Waals surface area contributed by atoms with Crippen LogP contribution >= 0.6 is 0 Å². The molecule has 1 aromatic carbocycles. The van der Waals surface area contributed by atoms with Gasteiger partial charge in [0.2, 0.25) is 5.91 Å². The summed E-state index contributed by atoms with van der Waals surface area (Å²) >= 11 is 0. The van der Waals surface area contributed by atoms with Crippen molar-refractivity contribution in [3.8, 4) is 5.75 Å². The zero-order valence-corrected chi connectivity index (χ0v) is 20.3. The molecule has 6 atom stereocenters. The number of aromatic hydroxyl groups is 1. The molecule has 0 spiro atoms. The Kier molecular flexibility index (Phi) is 5.89. The summed E-state index contributed by atoms with van der Waals surface area (Å²) in [5.41, 5.74) is 4.07. The molecular weight excluding hydrogens is 466 g/mol. The molecule has 0 aromatic heterocycles. The summed E-state index contributed by atoms with van der Waals surface area (Å²) in [7, 11) is 3.13. The Morgan fingerprint density at radius 3 is 2.47 bits per heavy atom. The van der Waals surface area contributed by atoms with Gasteiger partial charge in [-0.1, -0.05) is 6.07 Å². The van der Waals surface area contributed by atoms with E-state index in [1.165, 1.54) is 23.8 Å². The highest BCUT2D eigenvalue weighted by molar-refractivity contribution is 6.32. The zero-order valence-electron chi connectivity index (χ0n) is 20.3. The molecule has 0 saturated heterocycles. The van der Waals surface area contributed by atoms with Crippen LogP contribution in [0.5, 0.6) is 5.75 Å². The summed E-state index contributed by atoms with van der Waals surface area (Å²) in [4.78, 5) is 67.0. The van der Waals surface area contributed by atoms with Gasteiger partial charge in [-0.15, -0.1) is 0 Å². The molecule has 1 amide bonds. The first-order valence-corrected chi connectivity index (χ1v) is 12.4. The van der Waals surface area contributed by atoms with Crippen LogP contribution in [0.2, 0.25) is 0 Å². The lowest BCUT2D eigenvalue weighted by atomic mass is 9.52. The predicted octanol–water partition coefficient (Wildman–Crippen LogP) is -0.633. The maximum atomic E-state index is 13.7. The Bertz CT molecular complexity index is 1190. The quantitative estimate of drug-likeness (QED) is 0.374. The molecule has 5 N–H and O–H groups in total. The molecule has 0 radical (unpaired) electrons. The lowest BCUT2D eigenvalue weighted by Gasteiger charge is -2.52. The number of nitrogens with two attached hydrogens (primary N) is 1. The third-order valence-electron chi connectivity index (χ3n) is 8.39. The third-order valence-corrected chi connectivity index (χ3v) is 8.39. The highest BCUT2D eigenvalue weighted by Gasteiger charge is 2.69. The third kappa shape index (κ3) is 3.62. The number of phenolic OH excluding ortho intramolecular Hbond substituents is 1. The molecule has 36 heavy (non-hydrogen) atoms. The van der Waals surface area contributed by atoms with Gasteiger partial charge in [0.15, 0.2) is 34.7 Å². The van der Waals surface area contributed by atoms with Crippen LogP contribution in [0, 0.1) is 29.6 Å². The molecule has 1 aromatic rings. The van der Waals surface area contributed by atoms with E-state index in [1.54, 1.807) is 14.1 Å².